The van der Waals surface area contributed by atoms with E-state index >= 15 is 0 Å². The lowest BCUT2D eigenvalue weighted by Gasteiger charge is -2.00. The molecule has 0 saturated carbocycles. The molecule has 2 nitrogen and oxygen atoms in total. The van der Waals surface area contributed by atoms with Crippen LogP contribution in [0.2, 0.25) is 5.28 Å². The van der Waals surface area contributed by atoms with Gasteiger partial charge in [-0.3, -0.25) is 0 Å². The Bertz CT molecular complexity index is 747. The zero-order valence-corrected chi connectivity index (χ0v) is 9.83. The smallest absolute Gasteiger partial charge is 0.218 e. The van der Waals surface area contributed by atoms with Gasteiger partial charge in [-0.25, -0.2) is 9.97 Å². The first-order valence-corrected chi connectivity index (χ1v) is 5.59. The van der Waals surface area contributed by atoms with Gasteiger partial charge in [0, 0.05) is 10.8 Å². The molecule has 1 aliphatic carbocycles. The van der Waals surface area contributed by atoms with Gasteiger partial charge in [0.05, 0.1) is 11.0 Å². The van der Waals surface area contributed by atoms with Crippen molar-refractivity contribution < 1.29 is 0 Å². The van der Waals surface area contributed by atoms with E-state index in [0.29, 0.717) is 5.35 Å². The van der Waals surface area contributed by atoms with Gasteiger partial charge in [0.15, 0.2) is 0 Å². The highest BCUT2D eigenvalue weighted by Gasteiger charge is 2.20. The predicted octanol–water partition coefficient (Wildman–Crippen LogP) is 1.91. The molecule has 2 aromatic rings. The average Bonchev–Trinajstić information content (AvgIpc) is 2.63. The first-order chi connectivity index (χ1) is 8.22. The van der Waals surface area contributed by atoms with Crippen molar-refractivity contribution in [2.24, 2.45) is 0 Å². The summed E-state index contributed by atoms with van der Waals surface area (Å²) < 4.78 is 0. The van der Waals surface area contributed by atoms with E-state index in [2.05, 4.69) is 23.1 Å². The molecule has 17 heavy (non-hydrogen) atoms. The third-order valence-electron chi connectivity index (χ3n) is 2.90. The Labute approximate surface area is 104 Å². The Hall–Kier alpha value is -1.93. The fourth-order valence-corrected chi connectivity index (χ4v) is 2.41. The van der Waals surface area contributed by atoms with Crippen LogP contribution in [0.3, 0.4) is 0 Å². The van der Waals surface area contributed by atoms with Crippen LogP contribution in [0.4, 0.5) is 0 Å². The Morgan fingerprint density at radius 3 is 2.53 bits per heavy atom. The van der Waals surface area contributed by atoms with E-state index in [0.717, 1.165) is 27.6 Å². The first-order valence-electron chi connectivity index (χ1n) is 5.21. The third-order valence-corrected chi connectivity index (χ3v) is 3.07. The van der Waals surface area contributed by atoms with Crippen molar-refractivity contribution in [2.75, 3.05) is 0 Å². The summed E-state index contributed by atoms with van der Waals surface area (Å²) in [7, 11) is 0. The largest absolute Gasteiger partial charge is 0.223 e. The summed E-state index contributed by atoms with van der Waals surface area (Å²) in [6.45, 7) is 7.78. The quantitative estimate of drug-likeness (QED) is 0.712. The number of allylic oxidation sites excluding steroid dienone is 1. The van der Waals surface area contributed by atoms with Crippen molar-refractivity contribution in [3.8, 4) is 11.3 Å². The third kappa shape index (κ3) is 1.34. The molecule has 0 atom stereocenters. The Kier molecular flexibility index (Phi) is 2.13. The number of benzene rings is 1. The second-order valence-electron chi connectivity index (χ2n) is 3.83. The number of hydrogen-bond acceptors (Lipinski definition) is 2. The summed E-state index contributed by atoms with van der Waals surface area (Å²) in [5.41, 5.74) is 4.04. The highest BCUT2D eigenvalue weighted by atomic mass is 35.5. The molecule has 0 aliphatic heterocycles. The maximum absolute atomic E-state index is 5.89. The summed E-state index contributed by atoms with van der Waals surface area (Å²) in [6, 6.07) is 8.04. The molecule has 82 valence electrons. The maximum Gasteiger partial charge on any atom is 0.223 e. The Morgan fingerprint density at radius 1 is 1.12 bits per heavy atom. The van der Waals surface area contributed by atoms with Gasteiger partial charge >= 0.3 is 0 Å². The second-order valence-corrected chi connectivity index (χ2v) is 4.16. The second kappa shape index (κ2) is 3.54. The predicted molar refractivity (Wildman–Crippen MR) is 70.0 cm³/mol. The minimum Gasteiger partial charge on any atom is -0.218 e. The van der Waals surface area contributed by atoms with Gasteiger partial charge < -0.3 is 0 Å². The number of fused-ring (bicyclic) bond motifs is 3. The zero-order valence-electron chi connectivity index (χ0n) is 9.07. The van der Waals surface area contributed by atoms with E-state index in [-0.39, 0.29) is 5.28 Å². The van der Waals surface area contributed by atoms with E-state index in [4.69, 9.17) is 11.6 Å². The Balaban J connectivity index is 2.58. The summed E-state index contributed by atoms with van der Waals surface area (Å²) in [4.78, 5) is 8.40. The van der Waals surface area contributed by atoms with Crippen LogP contribution in [-0.2, 0) is 0 Å². The first kappa shape index (κ1) is 10.2. The van der Waals surface area contributed by atoms with E-state index in [9.17, 15) is 0 Å². The van der Waals surface area contributed by atoms with E-state index < -0.39 is 0 Å². The molecule has 0 unspecified atom stereocenters. The summed E-state index contributed by atoms with van der Waals surface area (Å²) in [5.74, 6) is 0. The van der Waals surface area contributed by atoms with Gasteiger partial charge in [0.1, 0.15) is 0 Å². The highest BCUT2D eigenvalue weighted by Crippen LogP contribution is 2.30. The minimum absolute atomic E-state index is 0.230. The summed E-state index contributed by atoms with van der Waals surface area (Å²) >= 11 is 5.89. The van der Waals surface area contributed by atoms with Gasteiger partial charge in [-0.1, -0.05) is 43.5 Å². The molecule has 0 bridgehead atoms. The fraction of sp³-hybridized carbons (Fsp3) is 0. The van der Waals surface area contributed by atoms with Crippen molar-refractivity contribution in [3.63, 3.8) is 0 Å². The van der Waals surface area contributed by atoms with Crippen LogP contribution in [-0.4, -0.2) is 9.97 Å². The van der Waals surface area contributed by atoms with Crippen LogP contribution < -0.4 is 10.6 Å². The van der Waals surface area contributed by atoms with Gasteiger partial charge in [-0.2, -0.15) is 0 Å². The van der Waals surface area contributed by atoms with Crippen molar-refractivity contribution in [2.45, 2.75) is 0 Å². The zero-order chi connectivity index (χ0) is 12.0. The molecule has 0 amide bonds. The lowest BCUT2D eigenvalue weighted by atomic mass is 10.1. The van der Waals surface area contributed by atoms with Gasteiger partial charge in [0.2, 0.25) is 5.28 Å². The van der Waals surface area contributed by atoms with Crippen LogP contribution in [0.15, 0.2) is 36.9 Å². The molecule has 0 fully saturated rings. The van der Waals surface area contributed by atoms with E-state index in [1.165, 1.54) is 0 Å². The van der Waals surface area contributed by atoms with Crippen molar-refractivity contribution in [1.29, 1.82) is 0 Å². The number of halogens is 1. The van der Waals surface area contributed by atoms with Crippen LogP contribution in [0.5, 0.6) is 0 Å². The van der Waals surface area contributed by atoms with Crippen LogP contribution >= 0.6 is 11.6 Å². The number of hydrogen-bond donors (Lipinski definition) is 0. The normalized spacial score (nSPS) is 12.2. The number of nitrogens with zero attached hydrogens (tertiary/aromatic N) is 2. The van der Waals surface area contributed by atoms with Gasteiger partial charge in [-0.15, -0.1) is 0 Å². The topological polar surface area (TPSA) is 25.8 Å². The van der Waals surface area contributed by atoms with E-state index in [1.807, 2.05) is 30.3 Å². The fourth-order valence-electron chi connectivity index (χ4n) is 2.23. The number of aromatic nitrogens is 2. The summed E-state index contributed by atoms with van der Waals surface area (Å²) in [6.07, 6.45) is 1.82. The van der Waals surface area contributed by atoms with Gasteiger partial charge in [-0.05, 0) is 22.7 Å². The molecule has 0 N–H and O–H groups in total. The van der Waals surface area contributed by atoms with E-state index in [1.54, 1.807) is 0 Å². The SMILES string of the molecule is C=CC1=c2c(nc(Cl)nc2=C)-c2ccccc21. The lowest BCUT2D eigenvalue weighted by molar-refractivity contribution is 1.11. The molecule has 3 heteroatoms. The molecule has 1 aromatic carbocycles. The van der Waals surface area contributed by atoms with Crippen LogP contribution in [0.1, 0.15) is 5.56 Å². The van der Waals surface area contributed by atoms with Crippen LogP contribution in [0.25, 0.3) is 23.4 Å². The molecule has 1 aliphatic rings. The molecule has 1 aromatic heterocycles. The van der Waals surface area contributed by atoms with Gasteiger partial charge in [0.25, 0.3) is 0 Å². The molecule has 0 radical (unpaired) electrons. The lowest BCUT2D eigenvalue weighted by Crippen LogP contribution is -2.30. The molecule has 1 heterocycles. The molecular formula is C14H9ClN2. The average molecular weight is 241 g/mol. The molecular weight excluding hydrogens is 232 g/mol. The van der Waals surface area contributed by atoms with Crippen molar-refractivity contribution >= 4 is 23.8 Å². The molecule has 0 saturated heterocycles. The minimum atomic E-state index is 0.230. The van der Waals surface area contributed by atoms with Crippen molar-refractivity contribution in [3.05, 3.63) is 58.3 Å². The van der Waals surface area contributed by atoms with Crippen LogP contribution in [0, 0.1) is 0 Å². The number of rotatable bonds is 1. The molecule has 0 spiro atoms. The Morgan fingerprint density at radius 2 is 1.82 bits per heavy atom. The monoisotopic (exact) mass is 240 g/mol. The summed E-state index contributed by atoms with van der Waals surface area (Å²) in [5, 5.41) is 1.81. The standard InChI is InChI=1S/C14H9ClN2/c1-3-9-10-6-4-5-7-11(10)13-12(9)8(2)16-14(15)17-13/h3-7H,1-2H2. The highest BCUT2D eigenvalue weighted by molar-refractivity contribution is 6.28. The molecule has 3 rings (SSSR count). The maximum atomic E-state index is 5.89. The van der Waals surface area contributed by atoms with Crippen molar-refractivity contribution in [1.82, 2.24) is 9.97 Å².